The Balaban J connectivity index is 0.000000593. The highest BCUT2D eigenvalue weighted by Gasteiger charge is 2.11. The summed E-state index contributed by atoms with van der Waals surface area (Å²) in [6, 6.07) is 2.90. The molecule has 1 aliphatic rings. The molecule has 2 N–H and O–H groups in total. The van der Waals surface area contributed by atoms with Crippen molar-refractivity contribution in [1.82, 2.24) is 9.88 Å². The number of hydrogen-bond acceptors (Lipinski definition) is 3. The maximum atomic E-state index is 12.8. The molecule has 1 aromatic heterocycles. The van der Waals surface area contributed by atoms with Crippen molar-refractivity contribution in [2.45, 2.75) is 26.3 Å². The Labute approximate surface area is 139 Å². The normalized spacial score (nSPS) is 13.2. The second-order valence-electron chi connectivity index (χ2n) is 4.95. The molecule has 0 saturated carbocycles. The van der Waals surface area contributed by atoms with Gasteiger partial charge in [-0.1, -0.05) is 23.8 Å². The lowest BCUT2D eigenvalue weighted by Crippen LogP contribution is -2.25. The number of hydrogen-bond donors (Lipinski definition) is 1. The van der Waals surface area contributed by atoms with Crippen LogP contribution in [0.1, 0.15) is 25.5 Å². The number of aromatic nitrogens is 1. The Morgan fingerprint density at radius 1 is 1.39 bits per heavy atom. The molecule has 0 spiro atoms. The molecule has 0 radical (unpaired) electrons. The quantitative estimate of drug-likeness (QED) is 0.837. The fourth-order valence-electron chi connectivity index (χ4n) is 1.89. The van der Waals surface area contributed by atoms with Crippen molar-refractivity contribution in [2.24, 2.45) is 5.73 Å². The molecule has 0 saturated heterocycles. The van der Waals surface area contributed by atoms with Crippen molar-refractivity contribution < 1.29 is 14.0 Å². The van der Waals surface area contributed by atoms with E-state index in [9.17, 15) is 14.0 Å². The van der Waals surface area contributed by atoms with Gasteiger partial charge in [-0.3, -0.25) is 14.6 Å². The Bertz CT molecular complexity index is 596. The standard InChI is InChI=1S/C14H14ClFN2O.C2H5NO/c15-14-4-2-1-3-11(14)8-18(10-19)9-13-6-5-12(16)7-17-13;1-2(3)4/h3-7,10H,1-2,8-9H2;1H3,(H2,3,4). The molecule has 2 rings (SSSR count). The van der Waals surface area contributed by atoms with E-state index >= 15 is 0 Å². The lowest BCUT2D eigenvalue weighted by molar-refractivity contribution is -0.118. The molecule has 5 nitrogen and oxygen atoms in total. The third kappa shape index (κ3) is 7.56. The van der Waals surface area contributed by atoms with Crippen LogP contribution in [0.4, 0.5) is 4.39 Å². The van der Waals surface area contributed by atoms with Crippen molar-refractivity contribution >= 4 is 23.9 Å². The first kappa shape index (κ1) is 18.8. The Morgan fingerprint density at radius 3 is 2.57 bits per heavy atom. The van der Waals surface area contributed by atoms with Gasteiger partial charge in [0.05, 0.1) is 18.4 Å². The van der Waals surface area contributed by atoms with Gasteiger partial charge in [-0.05, 0) is 30.5 Å². The average molecular weight is 340 g/mol. The minimum Gasteiger partial charge on any atom is -0.370 e. The van der Waals surface area contributed by atoms with Gasteiger partial charge in [0.15, 0.2) is 0 Å². The van der Waals surface area contributed by atoms with Gasteiger partial charge >= 0.3 is 0 Å². The second-order valence-corrected chi connectivity index (χ2v) is 5.35. The van der Waals surface area contributed by atoms with Gasteiger partial charge in [0.2, 0.25) is 12.3 Å². The third-order valence-electron chi connectivity index (χ3n) is 2.86. The Kier molecular flexibility index (Phi) is 7.97. The smallest absolute Gasteiger partial charge is 0.214 e. The molecular weight excluding hydrogens is 321 g/mol. The van der Waals surface area contributed by atoms with Crippen molar-refractivity contribution in [3.05, 3.63) is 52.6 Å². The number of allylic oxidation sites excluding steroid dienone is 2. The predicted molar refractivity (Wildman–Crippen MR) is 86.8 cm³/mol. The van der Waals surface area contributed by atoms with Crippen LogP contribution in [0, 0.1) is 5.82 Å². The first-order valence-electron chi connectivity index (χ1n) is 7.03. The highest BCUT2D eigenvalue weighted by molar-refractivity contribution is 6.32. The maximum absolute atomic E-state index is 12.8. The Morgan fingerprint density at radius 2 is 2.04 bits per heavy atom. The van der Waals surface area contributed by atoms with Crippen LogP contribution in [0.15, 0.2) is 41.1 Å². The number of nitrogens with zero attached hydrogens (tertiary/aromatic N) is 2. The zero-order valence-corrected chi connectivity index (χ0v) is 13.6. The van der Waals surface area contributed by atoms with Crippen molar-refractivity contribution in [3.8, 4) is 0 Å². The fourth-order valence-corrected chi connectivity index (χ4v) is 2.14. The van der Waals surface area contributed by atoms with Gasteiger partial charge in [0.1, 0.15) is 5.82 Å². The van der Waals surface area contributed by atoms with E-state index in [0.717, 1.165) is 31.0 Å². The lowest BCUT2D eigenvalue weighted by Gasteiger charge is -2.20. The summed E-state index contributed by atoms with van der Waals surface area (Å²) in [5, 5.41) is 0.699. The molecule has 23 heavy (non-hydrogen) atoms. The largest absolute Gasteiger partial charge is 0.370 e. The van der Waals surface area contributed by atoms with Crippen LogP contribution in [0.3, 0.4) is 0 Å². The molecule has 124 valence electrons. The van der Waals surface area contributed by atoms with E-state index in [1.54, 1.807) is 11.0 Å². The molecule has 2 amide bonds. The zero-order valence-electron chi connectivity index (χ0n) is 12.8. The van der Waals surface area contributed by atoms with Crippen LogP contribution in [-0.4, -0.2) is 28.7 Å². The second kappa shape index (κ2) is 9.74. The summed E-state index contributed by atoms with van der Waals surface area (Å²) in [6.07, 6.45) is 7.76. The van der Waals surface area contributed by atoms with E-state index in [-0.39, 0.29) is 11.7 Å². The number of amides is 2. The van der Waals surface area contributed by atoms with E-state index < -0.39 is 0 Å². The van der Waals surface area contributed by atoms with Gasteiger partial charge in [-0.15, -0.1) is 0 Å². The zero-order chi connectivity index (χ0) is 17.2. The number of carbonyl (C=O) groups is 2. The SMILES string of the molecule is CC(N)=O.O=CN(CC1=CCCC=C1Cl)Cc1ccc(F)cn1. The molecule has 1 aromatic rings. The highest BCUT2D eigenvalue weighted by Crippen LogP contribution is 2.22. The highest BCUT2D eigenvalue weighted by atomic mass is 35.5. The molecular formula is C16H19ClFN3O2. The maximum Gasteiger partial charge on any atom is 0.214 e. The van der Waals surface area contributed by atoms with Gasteiger partial charge in [-0.25, -0.2) is 4.39 Å². The van der Waals surface area contributed by atoms with E-state index in [1.807, 2.05) is 12.2 Å². The van der Waals surface area contributed by atoms with E-state index in [2.05, 4.69) is 10.7 Å². The third-order valence-corrected chi connectivity index (χ3v) is 3.26. The van der Waals surface area contributed by atoms with Crippen LogP contribution in [0.5, 0.6) is 0 Å². The molecule has 0 fully saturated rings. The number of primary amides is 1. The molecule has 7 heteroatoms. The molecule has 0 aliphatic heterocycles. The van der Waals surface area contributed by atoms with Crippen LogP contribution in [-0.2, 0) is 16.1 Å². The van der Waals surface area contributed by atoms with E-state index in [4.69, 9.17) is 11.6 Å². The lowest BCUT2D eigenvalue weighted by atomic mass is 10.1. The van der Waals surface area contributed by atoms with Crippen molar-refractivity contribution in [2.75, 3.05) is 6.54 Å². The number of halogens is 2. The van der Waals surface area contributed by atoms with Crippen molar-refractivity contribution in [1.29, 1.82) is 0 Å². The topological polar surface area (TPSA) is 76.3 Å². The first-order chi connectivity index (χ1) is 10.9. The first-order valence-corrected chi connectivity index (χ1v) is 7.41. The number of nitrogens with two attached hydrogens (primary N) is 1. The summed E-state index contributed by atoms with van der Waals surface area (Å²) < 4.78 is 12.8. The fraction of sp³-hybridized carbons (Fsp3) is 0.312. The molecule has 1 aliphatic carbocycles. The van der Waals surface area contributed by atoms with Gasteiger partial charge in [-0.2, -0.15) is 0 Å². The number of pyridine rings is 1. The average Bonchev–Trinajstić information content (AvgIpc) is 2.50. The summed E-state index contributed by atoms with van der Waals surface area (Å²) in [5.74, 6) is -0.720. The summed E-state index contributed by atoms with van der Waals surface area (Å²) in [5.41, 5.74) is 6.06. The molecule has 1 heterocycles. The molecule has 0 aromatic carbocycles. The van der Waals surface area contributed by atoms with Gasteiger partial charge < -0.3 is 10.6 Å². The van der Waals surface area contributed by atoms with Crippen LogP contribution in [0.2, 0.25) is 0 Å². The van der Waals surface area contributed by atoms with Gasteiger partial charge in [0, 0.05) is 18.5 Å². The summed E-state index contributed by atoms with van der Waals surface area (Å²) >= 11 is 6.09. The molecule has 0 atom stereocenters. The van der Waals surface area contributed by atoms with Gasteiger partial charge in [0.25, 0.3) is 0 Å². The minimum absolute atomic E-state index is 0.333. The Hall–Kier alpha value is -2.21. The molecule has 0 unspecified atom stereocenters. The summed E-state index contributed by atoms with van der Waals surface area (Å²) in [7, 11) is 0. The van der Waals surface area contributed by atoms with E-state index in [1.165, 1.54) is 13.0 Å². The van der Waals surface area contributed by atoms with Crippen LogP contribution < -0.4 is 5.73 Å². The monoisotopic (exact) mass is 339 g/mol. The number of rotatable bonds is 5. The van der Waals surface area contributed by atoms with Crippen LogP contribution in [0.25, 0.3) is 0 Å². The predicted octanol–water partition coefficient (Wildman–Crippen LogP) is 2.51. The van der Waals surface area contributed by atoms with E-state index in [0.29, 0.717) is 23.8 Å². The van der Waals surface area contributed by atoms with Crippen molar-refractivity contribution in [3.63, 3.8) is 0 Å². The minimum atomic E-state index is -0.387. The summed E-state index contributed by atoms with van der Waals surface area (Å²) in [6.45, 7) is 2.09. The summed E-state index contributed by atoms with van der Waals surface area (Å²) in [4.78, 5) is 25.8. The molecule has 0 bridgehead atoms. The van der Waals surface area contributed by atoms with Crippen LogP contribution >= 0.6 is 11.6 Å². The number of carbonyl (C=O) groups excluding carboxylic acids is 2.